The molecular weight excluding hydrogens is 242 g/mol. The Morgan fingerprint density at radius 2 is 2.06 bits per heavy atom. The summed E-state index contributed by atoms with van der Waals surface area (Å²) in [6.07, 6.45) is 11.5. The molecule has 2 aliphatic rings. The summed E-state index contributed by atoms with van der Waals surface area (Å²) in [4.78, 5) is 0. The van der Waals surface area contributed by atoms with Crippen LogP contribution >= 0.6 is 11.8 Å². The molecule has 0 spiro atoms. The van der Waals surface area contributed by atoms with E-state index in [1.54, 1.807) is 0 Å². The van der Waals surface area contributed by atoms with Crippen LogP contribution in [0.5, 0.6) is 0 Å². The van der Waals surface area contributed by atoms with Gasteiger partial charge >= 0.3 is 0 Å². The molecule has 0 bridgehead atoms. The van der Waals surface area contributed by atoms with Crippen LogP contribution in [0.1, 0.15) is 58.3 Å². The fraction of sp³-hybridized carbons (Fsp3) is 1.00. The fourth-order valence-corrected chi connectivity index (χ4v) is 4.55. The minimum atomic E-state index is 0.558. The normalized spacial score (nSPS) is 26.8. The Bertz CT molecular complexity index is 193. The van der Waals surface area contributed by atoms with E-state index in [9.17, 15) is 0 Å². The Balaban J connectivity index is 1.62. The molecule has 1 aliphatic heterocycles. The molecule has 0 aromatic heterocycles. The van der Waals surface area contributed by atoms with Gasteiger partial charge in [0.05, 0.1) is 6.10 Å². The Morgan fingerprint density at radius 3 is 2.72 bits per heavy atom. The predicted octanol–water partition coefficient (Wildman–Crippen LogP) is 3.60. The van der Waals surface area contributed by atoms with Gasteiger partial charge in [0.2, 0.25) is 0 Å². The number of ether oxygens (including phenoxy) is 1. The van der Waals surface area contributed by atoms with E-state index in [2.05, 4.69) is 24.0 Å². The van der Waals surface area contributed by atoms with Gasteiger partial charge in [-0.2, -0.15) is 11.8 Å². The summed E-state index contributed by atoms with van der Waals surface area (Å²) in [5, 5.41) is 4.61. The molecule has 1 aliphatic carbocycles. The van der Waals surface area contributed by atoms with Gasteiger partial charge in [0.1, 0.15) is 0 Å². The van der Waals surface area contributed by atoms with Crippen LogP contribution in [0.3, 0.4) is 0 Å². The zero-order valence-corrected chi connectivity index (χ0v) is 12.6. The zero-order chi connectivity index (χ0) is 12.6. The van der Waals surface area contributed by atoms with Crippen molar-refractivity contribution in [2.45, 2.75) is 75.7 Å². The van der Waals surface area contributed by atoms with E-state index in [1.807, 2.05) is 0 Å². The van der Waals surface area contributed by atoms with Gasteiger partial charge in [-0.15, -0.1) is 0 Å². The molecule has 2 unspecified atom stereocenters. The smallest absolute Gasteiger partial charge is 0.0576 e. The summed E-state index contributed by atoms with van der Waals surface area (Å²) in [5.74, 6) is 1.30. The van der Waals surface area contributed by atoms with Gasteiger partial charge in [-0.25, -0.2) is 0 Å². The van der Waals surface area contributed by atoms with Gasteiger partial charge in [-0.05, 0) is 45.1 Å². The molecule has 1 N–H and O–H groups in total. The van der Waals surface area contributed by atoms with Crippen LogP contribution in [-0.2, 0) is 4.74 Å². The third-order valence-corrected chi connectivity index (χ3v) is 5.73. The summed E-state index contributed by atoms with van der Waals surface area (Å²) in [6.45, 7) is 4.31. The van der Waals surface area contributed by atoms with Crippen molar-refractivity contribution in [3.63, 3.8) is 0 Å². The average Bonchev–Trinajstić information content (AvgIpc) is 3.05. The molecule has 106 valence electrons. The van der Waals surface area contributed by atoms with Crippen molar-refractivity contribution in [1.82, 2.24) is 5.32 Å². The van der Waals surface area contributed by atoms with Crippen LogP contribution in [0.15, 0.2) is 0 Å². The number of rotatable bonds is 8. The topological polar surface area (TPSA) is 21.3 Å². The maximum Gasteiger partial charge on any atom is 0.0576 e. The van der Waals surface area contributed by atoms with Gasteiger partial charge in [0.25, 0.3) is 0 Å². The van der Waals surface area contributed by atoms with E-state index in [0.29, 0.717) is 12.1 Å². The second kappa shape index (κ2) is 8.44. The van der Waals surface area contributed by atoms with Crippen molar-refractivity contribution in [3.05, 3.63) is 0 Å². The number of hydrogen-bond acceptors (Lipinski definition) is 3. The van der Waals surface area contributed by atoms with Crippen LogP contribution in [0.4, 0.5) is 0 Å². The van der Waals surface area contributed by atoms with Crippen LogP contribution in [0.2, 0.25) is 0 Å². The highest BCUT2D eigenvalue weighted by molar-refractivity contribution is 7.99. The molecule has 2 atom stereocenters. The van der Waals surface area contributed by atoms with Crippen molar-refractivity contribution in [3.8, 4) is 0 Å². The molecule has 2 fully saturated rings. The molecule has 1 saturated heterocycles. The lowest BCUT2D eigenvalue weighted by Gasteiger charge is -2.21. The van der Waals surface area contributed by atoms with E-state index < -0.39 is 0 Å². The van der Waals surface area contributed by atoms with Crippen molar-refractivity contribution < 1.29 is 4.74 Å². The lowest BCUT2D eigenvalue weighted by Crippen LogP contribution is -2.32. The maximum absolute atomic E-state index is 5.72. The Labute approximate surface area is 117 Å². The molecule has 1 heterocycles. The number of nitrogens with one attached hydrogen (secondary N) is 1. The van der Waals surface area contributed by atoms with E-state index in [-0.39, 0.29) is 0 Å². The number of hydrogen-bond donors (Lipinski definition) is 1. The first-order valence-electron chi connectivity index (χ1n) is 7.85. The Morgan fingerprint density at radius 1 is 1.22 bits per heavy atom. The minimum absolute atomic E-state index is 0.558. The van der Waals surface area contributed by atoms with E-state index in [1.165, 1.54) is 57.1 Å². The molecule has 0 amide bonds. The lowest BCUT2D eigenvalue weighted by molar-refractivity contribution is 0.100. The summed E-state index contributed by atoms with van der Waals surface area (Å²) < 4.78 is 5.72. The van der Waals surface area contributed by atoms with E-state index in [0.717, 1.165) is 18.4 Å². The Hall–Kier alpha value is 0.270. The molecule has 0 aromatic carbocycles. The fourth-order valence-electron chi connectivity index (χ4n) is 3.10. The highest BCUT2D eigenvalue weighted by Crippen LogP contribution is 2.30. The van der Waals surface area contributed by atoms with Gasteiger partial charge in [0.15, 0.2) is 0 Å². The molecule has 0 radical (unpaired) electrons. The maximum atomic E-state index is 5.72. The van der Waals surface area contributed by atoms with Gasteiger partial charge in [0, 0.05) is 23.7 Å². The first-order valence-corrected chi connectivity index (χ1v) is 8.90. The summed E-state index contributed by atoms with van der Waals surface area (Å²) in [6, 6.07) is 0.699. The molecule has 2 rings (SSSR count). The highest BCUT2D eigenvalue weighted by Gasteiger charge is 2.20. The summed E-state index contributed by atoms with van der Waals surface area (Å²) >= 11 is 2.21. The second-order valence-corrected chi connectivity index (χ2v) is 7.04. The van der Waals surface area contributed by atoms with Crippen LogP contribution in [-0.4, -0.2) is 36.3 Å². The SMILES string of the molecule is CCNC(CCC1CCCO1)CSC1CCCC1. The summed E-state index contributed by atoms with van der Waals surface area (Å²) in [7, 11) is 0. The number of thioether (sulfide) groups is 1. The molecule has 2 nitrogen and oxygen atoms in total. The van der Waals surface area contributed by atoms with Crippen molar-refractivity contribution >= 4 is 11.8 Å². The zero-order valence-electron chi connectivity index (χ0n) is 11.8. The van der Waals surface area contributed by atoms with E-state index >= 15 is 0 Å². The van der Waals surface area contributed by atoms with Crippen LogP contribution in [0.25, 0.3) is 0 Å². The van der Waals surface area contributed by atoms with Gasteiger partial charge in [-0.3, -0.25) is 0 Å². The largest absolute Gasteiger partial charge is 0.378 e. The lowest BCUT2D eigenvalue weighted by atomic mass is 10.1. The first kappa shape index (κ1) is 14.7. The molecule has 3 heteroatoms. The van der Waals surface area contributed by atoms with Crippen LogP contribution in [0, 0.1) is 0 Å². The minimum Gasteiger partial charge on any atom is -0.378 e. The van der Waals surface area contributed by atoms with Crippen LogP contribution < -0.4 is 5.32 Å². The predicted molar refractivity (Wildman–Crippen MR) is 80.4 cm³/mol. The van der Waals surface area contributed by atoms with Crippen molar-refractivity contribution in [2.75, 3.05) is 18.9 Å². The molecular formula is C15H29NOS. The Kier molecular flexibility index (Phi) is 6.88. The molecule has 0 aromatic rings. The van der Waals surface area contributed by atoms with Crippen molar-refractivity contribution in [2.24, 2.45) is 0 Å². The highest BCUT2D eigenvalue weighted by atomic mass is 32.2. The third kappa shape index (κ3) is 5.10. The average molecular weight is 271 g/mol. The van der Waals surface area contributed by atoms with Crippen molar-refractivity contribution in [1.29, 1.82) is 0 Å². The quantitative estimate of drug-likeness (QED) is 0.729. The third-order valence-electron chi connectivity index (χ3n) is 4.19. The van der Waals surface area contributed by atoms with Gasteiger partial charge < -0.3 is 10.1 Å². The van der Waals surface area contributed by atoms with E-state index in [4.69, 9.17) is 4.74 Å². The van der Waals surface area contributed by atoms with Gasteiger partial charge in [-0.1, -0.05) is 19.8 Å². The standard InChI is InChI=1S/C15H29NOS/c1-2-16-13(9-10-14-6-5-11-17-14)12-18-15-7-3-4-8-15/h13-16H,2-12H2,1H3. The molecule has 1 saturated carbocycles. The monoisotopic (exact) mass is 271 g/mol. The summed E-state index contributed by atoms with van der Waals surface area (Å²) in [5.41, 5.74) is 0. The molecule has 18 heavy (non-hydrogen) atoms. The second-order valence-electron chi connectivity index (χ2n) is 5.71. The first-order chi connectivity index (χ1) is 8.88.